The van der Waals surface area contributed by atoms with Crippen LogP contribution in [0.25, 0.3) is 99.1 Å². The maximum absolute atomic E-state index is 2.43. The third-order valence-corrected chi connectivity index (χ3v) is 10.9. The Hall–Kier alpha value is -7.02. The van der Waals surface area contributed by atoms with Crippen LogP contribution in [0.15, 0.2) is 218 Å². The average Bonchev–Trinajstić information content (AvgIpc) is 3.26. The van der Waals surface area contributed by atoms with Gasteiger partial charge >= 0.3 is 0 Å². The molecular formula is C54H36. The molecule has 10 aromatic rings. The lowest BCUT2D eigenvalue weighted by atomic mass is 9.82. The number of benzene rings is 10. The van der Waals surface area contributed by atoms with Crippen LogP contribution in [0.2, 0.25) is 0 Å². The molecular weight excluding hydrogens is 649 g/mol. The highest BCUT2D eigenvalue weighted by Gasteiger charge is 2.20. The Morgan fingerprint density at radius 1 is 0.185 bits per heavy atom. The summed E-state index contributed by atoms with van der Waals surface area (Å²) in [4.78, 5) is 0. The summed E-state index contributed by atoms with van der Waals surface area (Å²) in [6.45, 7) is 0. The van der Waals surface area contributed by atoms with E-state index in [0.717, 1.165) is 0 Å². The number of hydrogen-bond acceptors (Lipinski definition) is 0. The molecule has 0 unspecified atom stereocenters. The number of hydrogen-bond donors (Lipinski definition) is 0. The highest BCUT2D eigenvalue weighted by molar-refractivity contribution is 6.22. The van der Waals surface area contributed by atoms with E-state index in [0.29, 0.717) is 0 Å². The van der Waals surface area contributed by atoms with Crippen LogP contribution in [0.1, 0.15) is 0 Å². The fourth-order valence-corrected chi connectivity index (χ4v) is 8.42. The third kappa shape index (κ3) is 5.48. The van der Waals surface area contributed by atoms with Crippen LogP contribution in [0, 0.1) is 0 Å². The van der Waals surface area contributed by atoms with E-state index in [1.54, 1.807) is 0 Å². The van der Waals surface area contributed by atoms with Crippen LogP contribution in [0.3, 0.4) is 0 Å². The average molecular weight is 685 g/mol. The van der Waals surface area contributed by atoms with E-state index in [1.807, 2.05) is 0 Å². The first kappa shape index (κ1) is 31.7. The van der Waals surface area contributed by atoms with Gasteiger partial charge in [-0.05, 0) is 105 Å². The van der Waals surface area contributed by atoms with Gasteiger partial charge in [0.25, 0.3) is 0 Å². The highest BCUT2D eigenvalue weighted by atomic mass is 14.2. The third-order valence-electron chi connectivity index (χ3n) is 10.9. The molecule has 0 aliphatic carbocycles. The highest BCUT2D eigenvalue weighted by Crippen LogP contribution is 2.47. The van der Waals surface area contributed by atoms with Gasteiger partial charge in [-0.3, -0.25) is 0 Å². The fourth-order valence-electron chi connectivity index (χ4n) is 8.42. The molecule has 0 heteroatoms. The maximum atomic E-state index is 2.43. The Morgan fingerprint density at radius 3 is 1.20 bits per heavy atom. The Kier molecular flexibility index (Phi) is 7.93. The van der Waals surface area contributed by atoms with Crippen molar-refractivity contribution in [2.75, 3.05) is 0 Å². The fraction of sp³-hybridized carbons (Fsp3) is 0. The van der Waals surface area contributed by atoms with E-state index in [-0.39, 0.29) is 0 Å². The number of rotatable bonds is 6. The van der Waals surface area contributed by atoms with Gasteiger partial charge < -0.3 is 0 Å². The van der Waals surface area contributed by atoms with Crippen molar-refractivity contribution in [3.05, 3.63) is 218 Å². The Balaban J connectivity index is 1.18. The Morgan fingerprint density at radius 2 is 0.574 bits per heavy atom. The van der Waals surface area contributed by atoms with Crippen LogP contribution >= 0.6 is 0 Å². The predicted molar refractivity (Wildman–Crippen MR) is 232 cm³/mol. The molecule has 0 radical (unpaired) electrons. The van der Waals surface area contributed by atoms with Crippen molar-refractivity contribution in [1.82, 2.24) is 0 Å². The molecule has 10 rings (SSSR count). The van der Waals surface area contributed by atoms with Gasteiger partial charge in [-0.1, -0.05) is 212 Å². The molecule has 252 valence electrons. The first-order chi connectivity index (χ1) is 26.8. The maximum Gasteiger partial charge on any atom is -0.00199 e. The van der Waals surface area contributed by atoms with Crippen LogP contribution in [-0.4, -0.2) is 0 Å². The van der Waals surface area contributed by atoms with Gasteiger partial charge in [0.2, 0.25) is 0 Å². The molecule has 0 amide bonds. The van der Waals surface area contributed by atoms with Gasteiger partial charge in [-0.2, -0.15) is 0 Å². The van der Waals surface area contributed by atoms with Crippen molar-refractivity contribution in [3.63, 3.8) is 0 Å². The summed E-state index contributed by atoms with van der Waals surface area (Å²) < 4.78 is 0. The zero-order chi connectivity index (χ0) is 35.8. The van der Waals surface area contributed by atoms with Gasteiger partial charge in [0.05, 0.1) is 0 Å². The van der Waals surface area contributed by atoms with E-state index >= 15 is 0 Å². The van der Waals surface area contributed by atoms with E-state index in [9.17, 15) is 0 Å². The van der Waals surface area contributed by atoms with Crippen molar-refractivity contribution in [2.45, 2.75) is 0 Å². The predicted octanol–water partition coefficient (Wildman–Crippen LogP) is 15.1. The van der Waals surface area contributed by atoms with Crippen LogP contribution < -0.4 is 0 Å². The van der Waals surface area contributed by atoms with Gasteiger partial charge in [-0.15, -0.1) is 0 Å². The van der Waals surface area contributed by atoms with E-state index in [2.05, 4.69) is 218 Å². The zero-order valence-corrected chi connectivity index (χ0v) is 29.8. The van der Waals surface area contributed by atoms with Crippen LogP contribution in [0.4, 0.5) is 0 Å². The number of fused-ring (bicyclic) bond motifs is 3. The summed E-state index contributed by atoms with van der Waals surface area (Å²) in [7, 11) is 0. The summed E-state index contributed by atoms with van der Waals surface area (Å²) in [5.41, 5.74) is 14.7. The summed E-state index contributed by atoms with van der Waals surface area (Å²) in [5.74, 6) is 0. The molecule has 0 fully saturated rings. The Labute approximate surface area is 316 Å². The molecule has 0 N–H and O–H groups in total. The normalized spacial score (nSPS) is 11.3. The lowest BCUT2D eigenvalue weighted by molar-refractivity contribution is 1.56. The minimum absolute atomic E-state index is 1.19. The zero-order valence-electron chi connectivity index (χ0n) is 29.8. The van der Waals surface area contributed by atoms with Crippen molar-refractivity contribution in [3.8, 4) is 66.8 Å². The van der Waals surface area contributed by atoms with Gasteiger partial charge in [0, 0.05) is 0 Å². The van der Waals surface area contributed by atoms with Crippen molar-refractivity contribution >= 4 is 32.3 Å². The van der Waals surface area contributed by atoms with Gasteiger partial charge in [0.15, 0.2) is 0 Å². The quantitative estimate of drug-likeness (QED) is 0.153. The molecule has 0 aromatic heterocycles. The molecule has 10 aromatic carbocycles. The second kappa shape index (κ2) is 13.5. The standard InChI is InChI=1S/C54H36/c1-3-16-37(17-4-1)47-35-34-42(46-24-10-9-23-44(46)39-30-32-40(33-31-39)45-29-15-21-38-18-7-8-22-43(38)45)36-52(47)54-50-27-13-11-25-48(50)53(41-19-5-2-6-20-41)49-26-12-14-28-51(49)54/h1-36H. The molecule has 0 nitrogen and oxygen atoms in total. The first-order valence-corrected chi connectivity index (χ1v) is 18.7. The van der Waals surface area contributed by atoms with E-state index in [4.69, 9.17) is 0 Å². The molecule has 0 saturated carbocycles. The topological polar surface area (TPSA) is 0 Å². The van der Waals surface area contributed by atoms with Crippen molar-refractivity contribution in [1.29, 1.82) is 0 Å². The molecule has 54 heavy (non-hydrogen) atoms. The van der Waals surface area contributed by atoms with Gasteiger partial charge in [0.1, 0.15) is 0 Å². The smallest absolute Gasteiger partial charge is 0.00199 e. The van der Waals surface area contributed by atoms with Crippen molar-refractivity contribution < 1.29 is 0 Å². The first-order valence-electron chi connectivity index (χ1n) is 18.7. The minimum atomic E-state index is 1.19. The molecule has 0 saturated heterocycles. The lowest BCUT2D eigenvalue weighted by Gasteiger charge is -2.21. The molecule has 0 heterocycles. The summed E-state index contributed by atoms with van der Waals surface area (Å²) in [6, 6.07) is 79.7. The molecule has 0 aliphatic heterocycles. The van der Waals surface area contributed by atoms with Crippen LogP contribution in [0.5, 0.6) is 0 Å². The largest absolute Gasteiger partial charge is 0.0622 e. The lowest BCUT2D eigenvalue weighted by Crippen LogP contribution is -1.94. The van der Waals surface area contributed by atoms with E-state index < -0.39 is 0 Å². The monoisotopic (exact) mass is 684 g/mol. The van der Waals surface area contributed by atoms with Crippen LogP contribution in [-0.2, 0) is 0 Å². The van der Waals surface area contributed by atoms with Gasteiger partial charge in [-0.25, -0.2) is 0 Å². The molecule has 0 spiro atoms. The second-order valence-corrected chi connectivity index (χ2v) is 14.0. The SMILES string of the molecule is c1ccc(-c2ccc(-c3ccccc3-c3ccc(-c4cccc5ccccc45)cc3)cc2-c2c3ccccc3c(-c3ccccc3)c3ccccc23)cc1. The Bertz CT molecular complexity index is 2890. The second-order valence-electron chi connectivity index (χ2n) is 14.0. The molecule has 0 bridgehead atoms. The summed E-state index contributed by atoms with van der Waals surface area (Å²) in [6.07, 6.45) is 0. The van der Waals surface area contributed by atoms with E-state index in [1.165, 1.54) is 99.1 Å². The summed E-state index contributed by atoms with van der Waals surface area (Å²) in [5, 5.41) is 7.55. The summed E-state index contributed by atoms with van der Waals surface area (Å²) >= 11 is 0. The minimum Gasteiger partial charge on any atom is -0.0622 e. The molecule has 0 atom stereocenters. The van der Waals surface area contributed by atoms with Crippen molar-refractivity contribution in [2.24, 2.45) is 0 Å². The molecule has 0 aliphatic rings.